The minimum Gasteiger partial charge on any atom is -0.507 e. The lowest BCUT2D eigenvalue weighted by Crippen LogP contribution is -2.12. The first kappa shape index (κ1) is 16.1. The minimum atomic E-state index is -0.373. The van der Waals surface area contributed by atoms with Crippen molar-refractivity contribution in [2.45, 2.75) is 19.8 Å². The normalized spacial score (nSPS) is 10.8. The number of nitrogens with one attached hydrogen (secondary N) is 1. The van der Waals surface area contributed by atoms with E-state index >= 15 is 0 Å². The average Bonchev–Trinajstić information content (AvgIpc) is 3.04. The molecule has 2 aromatic heterocycles. The van der Waals surface area contributed by atoms with Crippen molar-refractivity contribution in [2.75, 3.05) is 5.32 Å². The first-order valence-electron chi connectivity index (χ1n) is 7.55. The van der Waals surface area contributed by atoms with Crippen molar-refractivity contribution in [3.05, 3.63) is 59.2 Å². The standard InChI is InChI=1S/C18H17N3O2S/c1-11(2)12-5-6-16(22)14(8-12)17(23)21-18-20-15(10-24-18)13-4-3-7-19-9-13/h3-11,22H,1-2H3,(H,20,21,23). The topological polar surface area (TPSA) is 75.1 Å². The van der Waals surface area contributed by atoms with Gasteiger partial charge in [-0.1, -0.05) is 19.9 Å². The van der Waals surface area contributed by atoms with Gasteiger partial charge in [-0.05, 0) is 35.7 Å². The second-order valence-corrected chi connectivity index (χ2v) is 6.52. The Morgan fingerprint density at radius 2 is 2.12 bits per heavy atom. The lowest BCUT2D eigenvalue weighted by atomic mass is 10.00. The lowest BCUT2D eigenvalue weighted by Gasteiger charge is -2.09. The molecule has 0 atom stereocenters. The van der Waals surface area contributed by atoms with E-state index in [9.17, 15) is 9.90 Å². The number of thiazole rings is 1. The van der Waals surface area contributed by atoms with Crippen LogP contribution in [0.15, 0.2) is 48.1 Å². The minimum absolute atomic E-state index is 0.0408. The molecule has 0 saturated carbocycles. The molecular weight excluding hydrogens is 322 g/mol. The largest absolute Gasteiger partial charge is 0.507 e. The number of hydrogen-bond acceptors (Lipinski definition) is 5. The zero-order chi connectivity index (χ0) is 17.1. The summed E-state index contributed by atoms with van der Waals surface area (Å²) in [5.41, 5.74) is 2.88. The molecule has 2 N–H and O–H groups in total. The predicted octanol–water partition coefficient (Wildman–Crippen LogP) is 4.29. The summed E-state index contributed by atoms with van der Waals surface area (Å²) in [6.07, 6.45) is 3.42. The number of phenolic OH excluding ortho intramolecular Hbond substituents is 1. The van der Waals surface area contributed by atoms with Gasteiger partial charge < -0.3 is 5.11 Å². The van der Waals surface area contributed by atoms with Gasteiger partial charge in [-0.3, -0.25) is 15.1 Å². The summed E-state index contributed by atoms with van der Waals surface area (Å²) in [5, 5.41) is 15.0. The van der Waals surface area contributed by atoms with Crippen LogP contribution in [0.5, 0.6) is 5.75 Å². The van der Waals surface area contributed by atoms with E-state index in [0.29, 0.717) is 5.13 Å². The zero-order valence-corrected chi connectivity index (χ0v) is 14.2. The molecule has 0 aliphatic heterocycles. The van der Waals surface area contributed by atoms with E-state index in [1.165, 1.54) is 11.3 Å². The fourth-order valence-corrected chi connectivity index (χ4v) is 2.95. The highest BCUT2D eigenvalue weighted by Gasteiger charge is 2.15. The van der Waals surface area contributed by atoms with Gasteiger partial charge in [-0.25, -0.2) is 4.98 Å². The number of carbonyl (C=O) groups excluding carboxylic acids is 1. The van der Waals surface area contributed by atoms with Crippen LogP contribution in [0.4, 0.5) is 5.13 Å². The zero-order valence-electron chi connectivity index (χ0n) is 13.4. The number of benzene rings is 1. The number of pyridine rings is 1. The Morgan fingerprint density at radius 3 is 2.83 bits per heavy atom. The number of nitrogens with zero attached hydrogens (tertiary/aromatic N) is 2. The molecule has 1 amide bonds. The third-order valence-corrected chi connectivity index (χ3v) is 4.37. The Labute approximate surface area is 144 Å². The molecule has 2 heterocycles. The van der Waals surface area contributed by atoms with E-state index in [4.69, 9.17) is 0 Å². The van der Waals surface area contributed by atoms with Crippen molar-refractivity contribution in [3.8, 4) is 17.0 Å². The summed E-state index contributed by atoms with van der Waals surface area (Å²) in [4.78, 5) is 20.9. The van der Waals surface area contributed by atoms with E-state index in [1.807, 2.05) is 37.4 Å². The summed E-state index contributed by atoms with van der Waals surface area (Å²) in [7, 11) is 0. The molecule has 24 heavy (non-hydrogen) atoms. The van der Waals surface area contributed by atoms with Crippen LogP contribution in [0.1, 0.15) is 35.7 Å². The van der Waals surface area contributed by atoms with Gasteiger partial charge in [0.05, 0.1) is 11.3 Å². The number of carbonyl (C=O) groups is 1. The van der Waals surface area contributed by atoms with Crippen molar-refractivity contribution >= 4 is 22.4 Å². The van der Waals surface area contributed by atoms with E-state index in [0.717, 1.165) is 16.8 Å². The van der Waals surface area contributed by atoms with Gasteiger partial charge in [-0.15, -0.1) is 11.3 Å². The number of aromatic nitrogens is 2. The van der Waals surface area contributed by atoms with Crippen LogP contribution in [0.25, 0.3) is 11.3 Å². The summed E-state index contributed by atoms with van der Waals surface area (Å²) < 4.78 is 0. The van der Waals surface area contributed by atoms with Crippen molar-refractivity contribution < 1.29 is 9.90 Å². The Kier molecular flexibility index (Phi) is 4.57. The molecule has 6 heteroatoms. The maximum atomic E-state index is 12.4. The molecule has 0 radical (unpaired) electrons. The molecule has 0 unspecified atom stereocenters. The van der Waals surface area contributed by atoms with Crippen LogP contribution in [0.3, 0.4) is 0 Å². The Bertz CT molecular complexity index is 860. The Morgan fingerprint density at radius 1 is 1.29 bits per heavy atom. The van der Waals surface area contributed by atoms with E-state index in [-0.39, 0.29) is 23.1 Å². The van der Waals surface area contributed by atoms with E-state index < -0.39 is 0 Å². The van der Waals surface area contributed by atoms with Crippen LogP contribution in [0, 0.1) is 0 Å². The lowest BCUT2D eigenvalue weighted by molar-refractivity contribution is 0.102. The molecule has 3 rings (SSSR count). The third-order valence-electron chi connectivity index (χ3n) is 3.61. The van der Waals surface area contributed by atoms with Crippen molar-refractivity contribution in [3.63, 3.8) is 0 Å². The highest BCUT2D eigenvalue weighted by atomic mass is 32.1. The molecule has 0 bridgehead atoms. The SMILES string of the molecule is CC(C)c1ccc(O)c(C(=O)Nc2nc(-c3cccnc3)cs2)c1. The number of rotatable bonds is 4. The van der Waals surface area contributed by atoms with Gasteiger partial charge in [0.1, 0.15) is 5.75 Å². The maximum Gasteiger partial charge on any atom is 0.261 e. The van der Waals surface area contributed by atoms with Gasteiger partial charge in [0.25, 0.3) is 5.91 Å². The smallest absolute Gasteiger partial charge is 0.261 e. The maximum absolute atomic E-state index is 12.4. The van der Waals surface area contributed by atoms with Crippen LogP contribution in [-0.2, 0) is 0 Å². The van der Waals surface area contributed by atoms with E-state index in [2.05, 4.69) is 15.3 Å². The number of phenols is 1. The first-order chi connectivity index (χ1) is 11.5. The van der Waals surface area contributed by atoms with Crippen LogP contribution in [-0.4, -0.2) is 21.0 Å². The number of anilines is 1. The molecule has 122 valence electrons. The third kappa shape index (κ3) is 3.44. The molecule has 3 aromatic rings. The fourth-order valence-electron chi connectivity index (χ4n) is 2.24. The quantitative estimate of drug-likeness (QED) is 0.743. The molecule has 0 fully saturated rings. The fraction of sp³-hybridized carbons (Fsp3) is 0.167. The van der Waals surface area contributed by atoms with Crippen molar-refractivity contribution in [2.24, 2.45) is 0 Å². The molecule has 1 aromatic carbocycles. The predicted molar refractivity (Wildman–Crippen MR) is 95.5 cm³/mol. The number of hydrogen-bond donors (Lipinski definition) is 2. The molecule has 0 saturated heterocycles. The number of aromatic hydroxyl groups is 1. The summed E-state index contributed by atoms with van der Waals surface area (Å²) in [6.45, 7) is 4.07. The highest BCUT2D eigenvalue weighted by molar-refractivity contribution is 7.14. The van der Waals surface area contributed by atoms with Crippen molar-refractivity contribution in [1.82, 2.24) is 9.97 Å². The highest BCUT2D eigenvalue weighted by Crippen LogP contribution is 2.27. The van der Waals surface area contributed by atoms with Gasteiger partial charge in [0.2, 0.25) is 0 Å². The molecular formula is C18H17N3O2S. The first-order valence-corrected chi connectivity index (χ1v) is 8.42. The molecule has 0 spiro atoms. The Balaban J connectivity index is 1.81. The number of amides is 1. The molecule has 5 nitrogen and oxygen atoms in total. The van der Waals surface area contributed by atoms with Crippen molar-refractivity contribution in [1.29, 1.82) is 0 Å². The van der Waals surface area contributed by atoms with E-state index in [1.54, 1.807) is 24.5 Å². The summed E-state index contributed by atoms with van der Waals surface area (Å²) in [5.74, 6) is -0.141. The van der Waals surface area contributed by atoms with Gasteiger partial charge in [0, 0.05) is 23.3 Å². The molecule has 0 aliphatic carbocycles. The summed E-state index contributed by atoms with van der Waals surface area (Å²) in [6, 6.07) is 8.83. The second kappa shape index (κ2) is 6.80. The second-order valence-electron chi connectivity index (χ2n) is 5.67. The Hall–Kier alpha value is -2.73. The van der Waals surface area contributed by atoms with Gasteiger partial charge in [0.15, 0.2) is 5.13 Å². The van der Waals surface area contributed by atoms with Crippen LogP contribution >= 0.6 is 11.3 Å². The van der Waals surface area contributed by atoms with Crippen LogP contribution < -0.4 is 5.32 Å². The molecule has 0 aliphatic rings. The monoisotopic (exact) mass is 339 g/mol. The average molecular weight is 339 g/mol. The van der Waals surface area contributed by atoms with Gasteiger partial charge >= 0.3 is 0 Å². The van der Waals surface area contributed by atoms with Gasteiger partial charge in [-0.2, -0.15) is 0 Å². The van der Waals surface area contributed by atoms with Crippen LogP contribution in [0.2, 0.25) is 0 Å². The summed E-state index contributed by atoms with van der Waals surface area (Å²) >= 11 is 1.33.